The molecule has 1 saturated heterocycles. The van der Waals surface area contributed by atoms with Crippen LogP contribution in [-0.2, 0) is 23.9 Å². The number of ketones is 1. The molecule has 0 bridgehead atoms. The second-order valence-corrected chi connectivity index (χ2v) is 13.9. The number of hydrogen-bond donors (Lipinski definition) is 3. The zero-order chi connectivity index (χ0) is 28.1. The first-order valence-electron chi connectivity index (χ1n) is 13.2. The summed E-state index contributed by atoms with van der Waals surface area (Å²) in [5, 5.41) is 5.48. The van der Waals surface area contributed by atoms with Crippen LogP contribution in [0.1, 0.15) is 74.7 Å². The van der Waals surface area contributed by atoms with E-state index in [9.17, 15) is 24.0 Å². The Bertz CT molecular complexity index is 959. The normalized spacial score (nSPS) is 25.9. The van der Waals surface area contributed by atoms with Crippen LogP contribution in [0.25, 0.3) is 0 Å². The molecular formula is C27H44N4O6. The number of fused-ring (bicyclic) bond motifs is 1. The second-order valence-electron chi connectivity index (χ2n) is 13.9. The van der Waals surface area contributed by atoms with Crippen LogP contribution in [0, 0.1) is 34.0 Å². The van der Waals surface area contributed by atoms with Gasteiger partial charge in [-0.1, -0.05) is 68.2 Å². The van der Waals surface area contributed by atoms with Gasteiger partial charge in [-0.15, -0.1) is 0 Å². The van der Waals surface area contributed by atoms with Gasteiger partial charge in [0.15, 0.2) is 0 Å². The Balaban J connectivity index is 1.80. The lowest BCUT2D eigenvalue weighted by atomic mass is 9.85. The van der Waals surface area contributed by atoms with E-state index in [2.05, 4.69) is 24.5 Å². The molecule has 0 spiro atoms. The maximum Gasteiger partial charge on any atom is 0.407 e. The molecule has 10 heteroatoms. The van der Waals surface area contributed by atoms with E-state index < -0.39 is 47.2 Å². The molecule has 0 aromatic rings. The van der Waals surface area contributed by atoms with E-state index in [1.54, 1.807) is 0 Å². The third-order valence-corrected chi connectivity index (χ3v) is 7.91. The predicted octanol–water partition coefficient (Wildman–Crippen LogP) is 2.00. The van der Waals surface area contributed by atoms with Crippen molar-refractivity contribution in [2.75, 3.05) is 13.2 Å². The van der Waals surface area contributed by atoms with Crippen molar-refractivity contribution in [3.63, 3.8) is 0 Å². The van der Waals surface area contributed by atoms with Crippen molar-refractivity contribution in [3.8, 4) is 0 Å². The number of alkyl carbamates (subject to hydrolysis) is 1. The monoisotopic (exact) mass is 520 g/mol. The number of hydrogen-bond acceptors (Lipinski definition) is 6. The van der Waals surface area contributed by atoms with Gasteiger partial charge in [-0.05, 0) is 40.4 Å². The van der Waals surface area contributed by atoms with Gasteiger partial charge < -0.3 is 26.0 Å². The van der Waals surface area contributed by atoms with Gasteiger partial charge in [0, 0.05) is 6.54 Å². The van der Waals surface area contributed by atoms with Crippen molar-refractivity contribution in [2.24, 2.45) is 39.7 Å². The third-order valence-electron chi connectivity index (χ3n) is 7.91. The van der Waals surface area contributed by atoms with Crippen LogP contribution in [0.5, 0.6) is 0 Å². The molecule has 0 radical (unpaired) electrons. The van der Waals surface area contributed by atoms with E-state index in [4.69, 9.17) is 10.5 Å². The maximum atomic E-state index is 13.9. The minimum absolute atomic E-state index is 0.0878. The summed E-state index contributed by atoms with van der Waals surface area (Å²) in [6.07, 6.45) is 1.55. The standard InChI is InChI=1S/C27H44N4O6/c1-25(2,3)13-37-24(36)30-20(26(4,5)6)23(35)31-12-15-17(27(15,7)8)18(31)22(34)29-16(11-14-9-10-14)19(32)21(28)33/h14-18,20H,9-13H2,1-8H3,(H2,28,33)(H,29,34)(H,30,36)/t15-,16?,17-,18-,20+/m0/s1. The average molecular weight is 521 g/mol. The molecule has 37 heavy (non-hydrogen) atoms. The quantitative estimate of drug-likeness (QED) is 0.396. The van der Waals surface area contributed by atoms with Crippen LogP contribution in [0.2, 0.25) is 0 Å². The summed E-state index contributed by atoms with van der Waals surface area (Å²) in [5.74, 6) is -2.43. The summed E-state index contributed by atoms with van der Waals surface area (Å²) in [6.45, 7) is 16.0. The first kappa shape index (κ1) is 28.9. The van der Waals surface area contributed by atoms with Crippen LogP contribution >= 0.6 is 0 Å². The molecule has 2 saturated carbocycles. The zero-order valence-corrected chi connectivity index (χ0v) is 23.5. The lowest BCUT2D eigenvalue weighted by Crippen LogP contribution is -2.60. The number of rotatable bonds is 9. The van der Waals surface area contributed by atoms with Crippen molar-refractivity contribution in [1.82, 2.24) is 15.5 Å². The van der Waals surface area contributed by atoms with Gasteiger partial charge in [-0.3, -0.25) is 19.2 Å². The van der Waals surface area contributed by atoms with Crippen LogP contribution < -0.4 is 16.4 Å². The number of likely N-dealkylation sites (tertiary alicyclic amines) is 1. The largest absolute Gasteiger partial charge is 0.449 e. The number of carbonyl (C=O) groups is 5. The minimum Gasteiger partial charge on any atom is -0.449 e. The number of carbonyl (C=O) groups excluding carboxylic acids is 5. The molecule has 3 aliphatic rings. The predicted molar refractivity (Wildman–Crippen MR) is 137 cm³/mol. The number of Topliss-reactive ketones (excluding diaryl/α,β-unsaturated/α-hetero) is 1. The van der Waals surface area contributed by atoms with Crippen molar-refractivity contribution in [2.45, 2.75) is 92.8 Å². The summed E-state index contributed by atoms with van der Waals surface area (Å²) in [5.41, 5.74) is 4.21. The van der Waals surface area contributed by atoms with Crippen molar-refractivity contribution in [3.05, 3.63) is 0 Å². The summed E-state index contributed by atoms with van der Waals surface area (Å²) >= 11 is 0. The molecule has 10 nitrogen and oxygen atoms in total. The Morgan fingerprint density at radius 3 is 2.11 bits per heavy atom. The zero-order valence-electron chi connectivity index (χ0n) is 23.5. The van der Waals surface area contributed by atoms with E-state index in [-0.39, 0.29) is 41.1 Å². The van der Waals surface area contributed by atoms with Gasteiger partial charge in [-0.2, -0.15) is 0 Å². The summed E-state index contributed by atoms with van der Waals surface area (Å²) in [4.78, 5) is 65.7. The highest BCUT2D eigenvalue weighted by Gasteiger charge is 2.70. The fourth-order valence-corrected chi connectivity index (χ4v) is 5.42. The van der Waals surface area contributed by atoms with Gasteiger partial charge in [-0.25, -0.2) is 4.79 Å². The molecular weight excluding hydrogens is 476 g/mol. The van der Waals surface area contributed by atoms with Gasteiger partial charge in [0.25, 0.3) is 5.91 Å². The van der Waals surface area contributed by atoms with Crippen LogP contribution in [0.3, 0.4) is 0 Å². The molecule has 4 N–H and O–H groups in total. The summed E-state index contributed by atoms with van der Waals surface area (Å²) < 4.78 is 5.35. The number of nitrogens with two attached hydrogens (primary N) is 1. The molecule has 1 unspecified atom stereocenters. The van der Waals surface area contributed by atoms with Crippen LogP contribution in [0.15, 0.2) is 0 Å². The molecule has 2 aliphatic carbocycles. The third kappa shape index (κ3) is 6.62. The molecule has 0 aromatic carbocycles. The summed E-state index contributed by atoms with van der Waals surface area (Å²) in [6, 6.07) is -2.74. The molecule has 208 valence electrons. The van der Waals surface area contributed by atoms with E-state index in [1.807, 2.05) is 41.5 Å². The highest BCUT2D eigenvalue weighted by Crippen LogP contribution is 2.65. The Morgan fingerprint density at radius 1 is 1.03 bits per heavy atom. The Hall–Kier alpha value is -2.65. The Morgan fingerprint density at radius 2 is 1.62 bits per heavy atom. The van der Waals surface area contributed by atoms with Gasteiger partial charge in [0.2, 0.25) is 17.6 Å². The first-order chi connectivity index (χ1) is 16.8. The topological polar surface area (TPSA) is 148 Å². The maximum absolute atomic E-state index is 13.9. The fraction of sp³-hybridized carbons (Fsp3) is 0.815. The molecule has 3 fully saturated rings. The molecule has 3 rings (SSSR count). The number of primary amides is 1. The molecule has 4 amide bonds. The van der Waals surface area contributed by atoms with E-state index in [0.717, 1.165) is 12.8 Å². The number of piperidine rings is 1. The van der Waals surface area contributed by atoms with E-state index in [0.29, 0.717) is 13.0 Å². The highest BCUT2D eigenvalue weighted by atomic mass is 16.5. The molecule has 5 atom stereocenters. The van der Waals surface area contributed by atoms with E-state index >= 15 is 0 Å². The highest BCUT2D eigenvalue weighted by molar-refractivity contribution is 6.37. The van der Waals surface area contributed by atoms with Crippen molar-refractivity contribution < 1.29 is 28.7 Å². The molecule has 0 aromatic heterocycles. The number of amides is 4. The molecule has 1 heterocycles. The SMILES string of the molecule is CC(C)(C)COC(=O)N[C@H](C(=O)N1C[C@H]2[C@@H]([C@H]1C(=O)NC(CC1CC1)C(=O)C(N)=O)C2(C)C)C(C)(C)C. The van der Waals surface area contributed by atoms with Crippen molar-refractivity contribution in [1.29, 1.82) is 0 Å². The van der Waals surface area contributed by atoms with Gasteiger partial charge in [0.05, 0.1) is 12.6 Å². The lowest BCUT2D eigenvalue weighted by Gasteiger charge is -2.37. The van der Waals surface area contributed by atoms with Crippen molar-refractivity contribution >= 4 is 29.6 Å². The number of ether oxygens (including phenoxy) is 1. The van der Waals surface area contributed by atoms with Crippen LogP contribution in [-0.4, -0.2) is 65.8 Å². The number of nitrogens with zero attached hydrogens (tertiary/aromatic N) is 1. The second kappa shape index (κ2) is 9.91. The van der Waals surface area contributed by atoms with Crippen LogP contribution in [0.4, 0.5) is 4.79 Å². The molecule has 1 aliphatic heterocycles. The number of nitrogens with one attached hydrogen (secondary N) is 2. The smallest absolute Gasteiger partial charge is 0.407 e. The average Bonchev–Trinajstić information content (AvgIpc) is 3.60. The van der Waals surface area contributed by atoms with E-state index in [1.165, 1.54) is 4.90 Å². The Labute approximate surface area is 219 Å². The van der Waals surface area contributed by atoms with Gasteiger partial charge in [0.1, 0.15) is 12.1 Å². The minimum atomic E-state index is -1.08. The Kier molecular flexibility index (Phi) is 7.74. The lowest BCUT2D eigenvalue weighted by molar-refractivity contribution is -0.145. The van der Waals surface area contributed by atoms with Gasteiger partial charge >= 0.3 is 6.09 Å². The first-order valence-corrected chi connectivity index (χ1v) is 13.2. The fourth-order valence-electron chi connectivity index (χ4n) is 5.42. The summed E-state index contributed by atoms with van der Waals surface area (Å²) in [7, 11) is 0.